The maximum Gasteiger partial charge on any atom is 0.226 e. The first-order valence-corrected chi connectivity index (χ1v) is 11.0. The number of para-hydroxylation sites is 1. The Morgan fingerprint density at radius 1 is 0.833 bits per heavy atom. The van der Waals surface area contributed by atoms with Gasteiger partial charge in [-0.2, -0.15) is 9.97 Å². The second-order valence-corrected chi connectivity index (χ2v) is 7.71. The SMILES string of the molecule is c1ccc(Nc2cc(N3CCCCCCC3)nc(NCCc3ccncc3)n2)cc1. The van der Waals surface area contributed by atoms with Crippen LogP contribution >= 0.6 is 0 Å². The van der Waals surface area contributed by atoms with Crippen molar-refractivity contribution in [1.82, 2.24) is 15.0 Å². The normalized spacial score (nSPS) is 14.6. The summed E-state index contributed by atoms with van der Waals surface area (Å²) >= 11 is 0. The van der Waals surface area contributed by atoms with Crippen LogP contribution in [-0.4, -0.2) is 34.6 Å². The Labute approximate surface area is 178 Å². The third-order valence-electron chi connectivity index (χ3n) is 5.39. The minimum absolute atomic E-state index is 0.669. The zero-order chi connectivity index (χ0) is 20.4. The molecule has 0 unspecified atom stereocenters. The minimum Gasteiger partial charge on any atom is -0.356 e. The molecule has 1 fully saturated rings. The summed E-state index contributed by atoms with van der Waals surface area (Å²) in [4.78, 5) is 16.1. The number of nitrogens with zero attached hydrogens (tertiary/aromatic N) is 4. The van der Waals surface area contributed by atoms with E-state index >= 15 is 0 Å². The van der Waals surface area contributed by atoms with Crippen LogP contribution in [0.3, 0.4) is 0 Å². The maximum absolute atomic E-state index is 4.85. The van der Waals surface area contributed by atoms with Gasteiger partial charge in [0.25, 0.3) is 0 Å². The Morgan fingerprint density at radius 2 is 1.57 bits per heavy atom. The lowest BCUT2D eigenvalue weighted by Crippen LogP contribution is -2.28. The molecule has 0 radical (unpaired) electrons. The molecule has 3 aromatic rings. The molecule has 3 heterocycles. The fourth-order valence-electron chi connectivity index (χ4n) is 3.75. The van der Waals surface area contributed by atoms with Crippen molar-refractivity contribution >= 4 is 23.3 Å². The van der Waals surface area contributed by atoms with E-state index < -0.39 is 0 Å². The van der Waals surface area contributed by atoms with Crippen LogP contribution in [-0.2, 0) is 6.42 Å². The van der Waals surface area contributed by atoms with Gasteiger partial charge in [0, 0.05) is 43.8 Å². The highest BCUT2D eigenvalue weighted by atomic mass is 15.2. The van der Waals surface area contributed by atoms with E-state index in [9.17, 15) is 0 Å². The molecule has 0 saturated carbocycles. The highest BCUT2D eigenvalue weighted by Crippen LogP contribution is 2.23. The fraction of sp³-hybridized carbons (Fsp3) is 0.375. The van der Waals surface area contributed by atoms with Crippen LogP contribution in [0.15, 0.2) is 60.9 Å². The maximum atomic E-state index is 4.85. The molecule has 1 aliphatic heterocycles. The Kier molecular flexibility index (Phi) is 7.10. The van der Waals surface area contributed by atoms with Gasteiger partial charge < -0.3 is 15.5 Å². The second kappa shape index (κ2) is 10.6. The van der Waals surface area contributed by atoms with E-state index in [1.54, 1.807) is 0 Å². The van der Waals surface area contributed by atoms with Gasteiger partial charge in [-0.15, -0.1) is 0 Å². The molecule has 4 rings (SSSR count). The van der Waals surface area contributed by atoms with Gasteiger partial charge in [-0.1, -0.05) is 37.5 Å². The van der Waals surface area contributed by atoms with Crippen molar-refractivity contribution in [1.29, 1.82) is 0 Å². The van der Waals surface area contributed by atoms with Crippen molar-refractivity contribution in [2.75, 3.05) is 35.2 Å². The molecule has 0 bridgehead atoms. The van der Waals surface area contributed by atoms with Crippen molar-refractivity contribution in [3.63, 3.8) is 0 Å². The molecule has 6 heteroatoms. The van der Waals surface area contributed by atoms with Gasteiger partial charge in [0.1, 0.15) is 11.6 Å². The number of anilines is 4. The van der Waals surface area contributed by atoms with Gasteiger partial charge in [0.2, 0.25) is 5.95 Å². The van der Waals surface area contributed by atoms with Gasteiger partial charge in [-0.05, 0) is 49.1 Å². The molecular weight excluding hydrogens is 372 g/mol. The molecule has 2 aromatic heterocycles. The van der Waals surface area contributed by atoms with E-state index in [0.29, 0.717) is 5.95 Å². The zero-order valence-electron chi connectivity index (χ0n) is 17.4. The summed E-state index contributed by atoms with van der Waals surface area (Å²) in [5.41, 5.74) is 2.28. The van der Waals surface area contributed by atoms with Crippen LogP contribution in [0.1, 0.15) is 37.7 Å². The number of hydrogen-bond donors (Lipinski definition) is 2. The van der Waals surface area contributed by atoms with E-state index in [1.165, 1.54) is 37.7 Å². The van der Waals surface area contributed by atoms with Crippen molar-refractivity contribution in [2.45, 2.75) is 38.5 Å². The summed E-state index contributed by atoms with van der Waals surface area (Å²) in [6.45, 7) is 2.88. The van der Waals surface area contributed by atoms with E-state index in [-0.39, 0.29) is 0 Å². The van der Waals surface area contributed by atoms with Crippen LogP contribution in [0, 0.1) is 0 Å². The average Bonchev–Trinajstić information content (AvgIpc) is 2.75. The average molecular weight is 403 g/mol. The van der Waals surface area contributed by atoms with Crippen LogP contribution in [0.4, 0.5) is 23.3 Å². The Morgan fingerprint density at radius 3 is 2.33 bits per heavy atom. The Bertz CT molecular complexity index is 892. The number of hydrogen-bond acceptors (Lipinski definition) is 6. The number of nitrogens with one attached hydrogen (secondary N) is 2. The van der Waals surface area contributed by atoms with Crippen LogP contribution < -0.4 is 15.5 Å². The van der Waals surface area contributed by atoms with E-state index in [4.69, 9.17) is 9.97 Å². The van der Waals surface area contributed by atoms with Crippen LogP contribution in [0.5, 0.6) is 0 Å². The minimum atomic E-state index is 0.669. The largest absolute Gasteiger partial charge is 0.356 e. The van der Waals surface area contributed by atoms with Gasteiger partial charge in [0.05, 0.1) is 0 Å². The number of aromatic nitrogens is 3. The number of pyridine rings is 1. The van der Waals surface area contributed by atoms with Crippen molar-refractivity contribution < 1.29 is 0 Å². The molecule has 0 aliphatic carbocycles. The standard InChI is InChI=1S/C24H30N6/c1-2-7-17-30(18-8-3-1)23-19-22(27-21-9-5-4-6-10-21)28-24(29-23)26-16-13-20-11-14-25-15-12-20/h4-6,9-12,14-15,19H,1-3,7-8,13,16-18H2,(H2,26,27,28,29). The summed E-state index contributed by atoms with van der Waals surface area (Å²) in [5.74, 6) is 2.48. The molecule has 30 heavy (non-hydrogen) atoms. The molecule has 1 saturated heterocycles. The molecular formula is C24H30N6. The predicted octanol–water partition coefficient (Wildman–Crippen LogP) is 5.04. The zero-order valence-corrected chi connectivity index (χ0v) is 17.4. The van der Waals surface area contributed by atoms with E-state index in [1.807, 2.05) is 42.7 Å². The highest BCUT2D eigenvalue weighted by Gasteiger charge is 2.14. The molecule has 1 aromatic carbocycles. The number of rotatable bonds is 7. The first kappa shape index (κ1) is 20.1. The fourth-order valence-corrected chi connectivity index (χ4v) is 3.75. The summed E-state index contributed by atoms with van der Waals surface area (Å²) < 4.78 is 0. The Balaban J connectivity index is 1.51. The van der Waals surface area contributed by atoms with E-state index in [2.05, 4.69) is 38.7 Å². The first-order chi connectivity index (χ1) is 14.9. The third-order valence-corrected chi connectivity index (χ3v) is 5.39. The van der Waals surface area contributed by atoms with Gasteiger partial charge in [0.15, 0.2) is 0 Å². The van der Waals surface area contributed by atoms with Crippen molar-refractivity contribution in [2.24, 2.45) is 0 Å². The summed E-state index contributed by atoms with van der Waals surface area (Å²) in [6, 6.07) is 16.3. The summed E-state index contributed by atoms with van der Waals surface area (Å²) in [6.07, 6.45) is 10.9. The molecule has 1 aliphatic rings. The molecule has 156 valence electrons. The van der Waals surface area contributed by atoms with Gasteiger partial charge >= 0.3 is 0 Å². The first-order valence-electron chi connectivity index (χ1n) is 11.0. The molecule has 6 nitrogen and oxygen atoms in total. The van der Waals surface area contributed by atoms with Gasteiger partial charge in [-0.3, -0.25) is 4.98 Å². The van der Waals surface area contributed by atoms with Crippen LogP contribution in [0.25, 0.3) is 0 Å². The van der Waals surface area contributed by atoms with Crippen molar-refractivity contribution in [3.05, 3.63) is 66.5 Å². The quantitative estimate of drug-likeness (QED) is 0.577. The lowest BCUT2D eigenvalue weighted by Gasteiger charge is -2.26. The summed E-state index contributed by atoms with van der Waals surface area (Å²) in [7, 11) is 0. The van der Waals surface area contributed by atoms with Crippen molar-refractivity contribution in [3.8, 4) is 0 Å². The monoisotopic (exact) mass is 402 g/mol. The lowest BCUT2D eigenvalue weighted by molar-refractivity contribution is 0.554. The molecule has 2 N–H and O–H groups in total. The van der Waals surface area contributed by atoms with E-state index in [0.717, 1.165) is 43.4 Å². The molecule has 0 spiro atoms. The number of benzene rings is 1. The highest BCUT2D eigenvalue weighted by molar-refractivity contribution is 5.61. The lowest BCUT2D eigenvalue weighted by atomic mass is 10.1. The third kappa shape index (κ3) is 5.92. The van der Waals surface area contributed by atoms with Gasteiger partial charge in [-0.25, -0.2) is 0 Å². The topological polar surface area (TPSA) is 66.0 Å². The van der Waals surface area contributed by atoms with Crippen LogP contribution in [0.2, 0.25) is 0 Å². The Hall–Kier alpha value is -3.15. The molecule has 0 amide bonds. The second-order valence-electron chi connectivity index (χ2n) is 7.71. The predicted molar refractivity (Wildman–Crippen MR) is 123 cm³/mol. The summed E-state index contributed by atoms with van der Waals surface area (Å²) in [5, 5.41) is 6.85. The molecule has 0 atom stereocenters. The smallest absolute Gasteiger partial charge is 0.226 e.